The number of nitrogens with zero attached hydrogens (tertiary/aromatic N) is 6. The molecule has 3 aromatic rings. The molecule has 20 heteroatoms. The minimum absolute atomic E-state index is 0.0417. The molecule has 39 heavy (non-hydrogen) atoms. The highest BCUT2D eigenvalue weighted by Gasteiger charge is 2.37. The van der Waals surface area contributed by atoms with Crippen LogP contribution in [0, 0.1) is 0 Å². The summed E-state index contributed by atoms with van der Waals surface area (Å²) in [6, 6.07) is 0. The van der Waals surface area contributed by atoms with Crippen molar-refractivity contribution in [2.45, 2.75) is 25.0 Å². The lowest BCUT2D eigenvalue weighted by Crippen LogP contribution is -2.29. The lowest BCUT2D eigenvalue weighted by Gasteiger charge is -2.19. The van der Waals surface area contributed by atoms with Crippen molar-refractivity contribution in [3.05, 3.63) is 56.7 Å². The average Bonchev–Trinajstić information content (AvgIpc) is 3.56. The number of phosphoric acid groups is 1. The smallest absolute Gasteiger partial charge is 0.509 e. The van der Waals surface area contributed by atoms with Crippen molar-refractivity contribution in [2.75, 3.05) is 31.3 Å². The standard InChI is InChI=1S/C19H22N9O10P/c20-17-23-7-28(19(32)26-17)12-1-9(10(3-29)37-12)38-39(33,34)36-5-11-14(30)8(4-35-11)2-27-6-22-13-15(27)24-18(21)25-16(13)31/h1,6-7,10-12,29-30H,2-5H2,(H,33,34)(H2,20,26,32)(H3,21,24,25,31)/t10-,11-,12-/m1/s1. The number of aromatic nitrogens is 7. The Labute approximate surface area is 216 Å². The Morgan fingerprint density at radius 1 is 1.21 bits per heavy atom. The van der Waals surface area contributed by atoms with Crippen LogP contribution >= 0.6 is 7.82 Å². The van der Waals surface area contributed by atoms with Crippen LogP contribution in [0.3, 0.4) is 0 Å². The number of imidazole rings is 1. The summed E-state index contributed by atoms with van der Waals surface area (Å²) in [5.74, 6) is -0.898. The van der Waals surface area contributed by atoms with Crippen molar-refractivity contribution in [3.8, 4) is 0 Å². The van der Waals surface area contributed by atoms with E-state index in [1.807, 2.05) is 0 Å². The molecule has 0 aliphatic carbocycles. The molecule has 0 amide bonds. The maximum Gasteiger partial charge on any atom is 0.527 e. The first-order valence-corrected chi connectivity index (χ1v) is 12.6. The highest BCUT2D eigenvalue weighted by Crippen LogP contribution is 2.48. The number of hydrogen-bond acceptors (Lipinski definition) is 15. The van der Waals surface area contributed by atoms with Crippen LogP contribution < -0.4 is 22.7 Å². The van der Waals surface area contributed by atoms with Gasteiger partial charge in [-0.2, -0.15) is 9.97 Å². The number of phosphoric ester groups is 1. The number of nitrogens with one attached hydrogen (secondary N) is 1. The number of aliphatic hydroxyl groups is 2. The van der Waals surface area contributed by atoms with E-state index < -0.39 is 50.7 Å². The van der Waals surface area contributed by atoms with Crippen molar-refractivity contribution >= 4 is 30.9 Å². The summed E-state index contributed by atoms with van der Waals surface area (Å²) in [5.41, 5.74) is 10.3. The van der Waals surface area contributed by atoms with E-state index in [-0.39, 0.29) is 47.7 Å². The van der Waals surface area contributed by atoms with Crippen molar-refractivity contribution in [1.29, 1.82) is 0 Å². The molecule has 5 rings (SSSR count). The lowest BCUT2D eigenvalue weighted by atomic mass is 10.2. The zero-order valence-electron chi connectivity index (χ0n) is 19.8. The van der Waals surface area contributed by atoms with E-state index in [9.17, 15) is 29.3 Å². The molecule has 4 atom stereocenters. The maximum absolute atomic E-state index is 12.6. The SMILES string of the molecule is Nc1ncn([C@H]2C=C(OP(=O)(O)OC[C@H]3OCC(Cn4cnc5c(=O)[nH]c(N)nc54)=C3O)[C@@H](CO)O2)c(=O)n1. The van der Waals surface area contributed by atoms with E-state index in [2.05, 4.69) is 24.9 Å². The number of ether oxygens (including phenoxy) is 2. The van der Waals surface area contributed by atoms with Crippen LogP contribution in [0.15, 0.2) is 45.4 Å². The topological polar surface area (TPSA) is 278 Å². The number of H-pyrrole nitrogens is 1. The number of hydrogen-bond donors (Lipinski definition) is 6. The zero-order chi connectivity index (χ0) is 27.9. The van der Waals surface area contributed by atoms with Gasteiger partial charge in [0.15, 0.2) is 17.4 Å². The molecule has 208 valence electrons. The van der Waals surface area contributed by atoms with Gasteiger partial charge in [-0.1, -0.05) is 0 Å². The number of aromatic amines is 1. The van der Waals surface area contributed by atoms with Crippen LogP contribution in [0.4, 0.5) is 11.9 Å². The minimum atomic E-state index is -4.82. The molecule has 0 bridgehead atoms. The first-order valence-electron chi connectivity index (χ1n) is 11.1. The monoisotopic (exact) mass is 567 g/mol. The van der Waals surface area contributed by atoms with Crippen LogP contribution in [-0.2, 0) is 29.6 Å². The second-order valence-corrected chi connectivity index (χ2v) is 9.69. The second kappa shape index (κ2) is 10.2. The highest BCUT2D eigenvalue weighted by molar-refractivity contribution is 7.47. The number of anilines is 2. The minimum Gasteiger partial charge on any atom is -0.509 e. The number of nitrogens with two attached hydrogens (primary N) is 2. The molecule has 0 saturated heterocycles. The first-order chi connectivity index (χ1) is 18.5. The van der Waals surface area contributed by atoms with E-state index in [1.54, 1.807) is 0 Å². The molecule has 0 spiro atoms. The van der Waals surface area contributed by atoms with E-state index in [4.69, 9.17) is 30.0 Å². The summed E-state index contributed by atoms with van der Waals surface area (Å²) in [7, 11) is -4.82. The van der Waals surface area contributed by atoms with Crippen LogP contribution in [0.25, 0.3) is 11.2 Å². The van der Waals surface area contributed by atoms with Gasteiger partial charge in [0.25, 0.3) is 5.56 Å². The maximum atomic E-state index is 12.6. The van der Waals surface area contributed by atoms with Crippen LogP contribution in [-0.4, -0.2) is 81.2 Å². The van der Waals surface area contributed by atoms with Crippen molar-refractivity contribution < 1.29 is 38.2 Å². The quantitative estimate of drug-likeness (QED) is 0.153. The molecular formula is C19H22N9O10P. The Hall–Kier alpha value is -4.13. The molecular weight excluding hydrogens is 545 g/mol. The number of rotatable bonds is 9. The Morgan fingerprint density at radius 3 is 2.74 bits per heavy atom. The molecule has 0 saturated carbocycles. The molecule has 2 aliphatic rings. The molecule has 2 aliphatic heterocycles. The van der Waals surface area contributed by atoms with Crippen molar-refractivity contribution in [3.63, 3.8) is 0 Å². The largest absolute Gasteiger partial charge is 0.527 e. The molecule has 5 heterocycles. The summed E-state index contributed by atoms with van der Waals surface area (Å²) < 4.78 is 36.0. The van der Waals surface area contributed by atoms with Crippen molar-refractivity contribution in [1.82, 2.24) is 34.1 Å². The Kier molecular flexibility index (Phi) is 6.93. The van der Waals surface area contributed by atoms with Gasteiger partial charge in [0.05, 0.1) is 32.7 Å². The molecule has 0 fully saturated rings. The van der Waals surface area contributed by atoms with Gasteiger partial charge in [-0.05, 0) is 0 Å². The summed E-state index contributed by atoms with van der Waals surface area (Å²) in [4.78, 5) is 51.7. The summed E-state index contributed by atoms with van der Waals surface area (Å²) in [6.45, 7) is -1.24. The van der Waals surface area contributed by atoms with Gasteiger partial charge in [0, 0.05) is 11.6 Å². The van der Waals surface area contributed by atoms with E-state index in [0.29, 0.717) is 5.57 Å². The van der Waals surface area contributed by atoms with Crippen LogP contribution in [0.1, 0.15) is 6.23 Å². The van der Waals surface area contributed by atoms with Gasteiger partial charge in [-0.25, -0.2) is 19.3 Å². The first kappa shape index (κ1) is 26.5. The summed E-state index contributed by atoms with van der Waals surface area (Å²) in [6.07, 6.45) is 0.0956. The number of fused-ring (bicyclic) bond motifs is 1. The zero-order valence-corrected chi connectivity index (χ0v) is 20.7. The van der Waals surface area contributed by atoms with Gasteiger partial charge in [-0.3, -0.25) is 23.8 Å². The molecule has 1 unspecified atom stereocenters. The summed E-state index contributed by atoms with van der Waals surface area (Å²) in [5, 5.41) is 20.2. The van der Waals surface area contributed by atoms with Gasteiger partial charge in [-0.15, -0.1) is 0 Å². The fourth-order valence-electron chi connectivity index (χ4n) is 3.87. The van der Waals surface area contributed by atoms with Crippen molar-refractivity contribution in [2.24, 2.45) is 0 Å². The molecule has 3 aromatic heterocycles. The highest BCUT2D eigenvalue weighted by atomic mass is 31.2. The Bertz CT molecular complexity index is 1650. The van der Waals surface area contributed by atoms with Crippen LogP contribution in [0.2, 0.25) is 0 Å². The number of nitrogen functional groups attached to an aromatic ring is 2. The van der Waals surface area contributed by atoms with Gasteiger partial charge in [0.1, 0.15) is 30.1 Å². The molecule has 8 N–H and O–H groups in total. The number of aliphatic hydroxyl groups excluding tert-OH is 2. The third-order valence-corrected chi connectivity index (χ3v) is 6.62. The summed E-state index contributed by atoms with van der Waals surface area (Å²) >= 11 is 0. The fraction of sp³-hybridized carbons (Fsp3) is 0.368. The third-order valence-electron chi connectivity index (χ3n) is 5.70. The van der Waals surface area contributed by atoms with Gasteiger partial charge < -0.3 is 40.2 Å². The van der Waals surface area contributed by atoms with E-state index in [1.165, 1.54) is 10.9 Å². The molecule has 19 nitrogen and oxygen atoms in total. The van der Waals surface area contributed by atoms with E-state index in [0.717, 1.165) is 17.0 Å². The lowest BCUT2D eigenvalue weighted by molar-refractivity contribution is -0.0267. The molecule has 0 aromatic carbocycles. The van der Waals surface area contributed by atoms with E-state index >= 15 is 0 Å². The Morgan fingerprint density at radius 2 is 2.00 bits per heavy atom. The van der Waals surface area contributed by atoms with Crippen LogP contribution in [0.5, 0.6) is 0 Å². The predicted molar refractivity (Wildman–Crippen MR) is 129 cm³/mol. The third kappa shape index (κ3) is 5.39. The van der Waals surface area contributed by atoms with Gasteiger partial charge in [0.2, 0.25) is 11.9 Å². The Balaban J connectivity index is 1.25. The normalized spacial score (nSPS) is 22.8. The average molecular weight is 567 g/mol. The molecule has 0 radical (unpaired) electrons. The van der Waals surface area contributed by atoms with Gasteiger partial charge >= 0.3 is 13.5 Å². The fourth-order valence-corrected chi connectivity index (χ4v) is 4.69. The predicted octanol–water partition coefficient (Wildman–Crippen LogP) is -1.95. The second-order valence-electron chi connectivity index (χ2n) is 8.31.